The molecule has 2 heteroatoms. The van der Waals surface area contributed by atoms with E-state index >= 15 is 0 Å². The smallest absolute Gasteiger partial charge is 0.330 e. The van der Waals surface area contributed by atoms with Crippen molar-refractivity contribution < 1.29 is 9.53 Å². The molecule has 0 aliphatic carbocycles. The maximum Gasteiger partial charge on any atom is 0.330 e. The Morgan fingerprint density at radius 3 is 2.90 bits per heavy atom. The number of carbonyl (C=O) groups is 1. The number of hydrogen-bond donors (Lipinski definition) is 0. The van der Waals surface area contributed by atoms with Gasteiger partial charge in [-0.3, -0.25) is 0 Å². The summed E-state index contributed by atoms with van der Waals surface area (Å²) in [6.07, 6.45) is 5.29. The average molecular weight is 140 g/mol. The first-order valence-electron chi connectivity index (χ1n) is 3.27. The van der Waals surface area contributed by atoms with Crippen LogP contribution in [-0.4, -0.2) is 12.6 Å². The normalized spacial score (nSPS) is 9.70. The second-order valence-electron chi connectivity index (χ2n) is 1.76. The van der Waals surface area contributed by atoms with E-state index in [9.17, 15) is 4.79 Å². The van der Waals surface area contributed by atoms with Gasteiger partial charge in [-0.25, -0.2) is 4.79 Å². The van der Waals surface area contributed by atoms with Crippen LogP contribution >= 0.6 is 0 Å². The van der Waals surface area contributed by atoms with E-state index in [1.807, 2.05) is 6.92 Å². The maximum absolute atomic E-state index is 10.6. The highest BCUT2D eigenvalue weighted by Crippen LogP contribution is 1.84. The molecule has 0 saturated carbocycles. The zero-order valence-electron chi connectivity index (χ0n) is 6.17. The molecule has 0 aromatic heterocycles. The van der Waals surface area contributed by atoms with Crippen LogP contribution in [0.3, 0.4) is 0 Å². The summed E-state index contributed by atoms with van der Waals surface area (Å²) in [6, 6.07) is 0. The molecule has 0 aliphatic rings. The van der Waals surface area contributed by atoms with Gasteiger partial charge < -0.3 is 4.74 Å². The fourth-order valence-electron chi connectivity index (χ4n) is 0.397. The third kappa shape index (κ3) is 5.09. The summed E-state index contributed by atoms with van der Waals surface area (Å²) in [5.41, 5.74) is 0. The van der Waals surface area contributed by atoms with Crippen LogP contribution in [0.5, 0.6) is 0 Å². The molecule has 0 amide bonds. The molecule has 56 valence electrons. The van der Waals surface area contributed by atoms with Crippen molar-refractivity contribution in [3.8, 4) is 0 Å². The van der Waals surface area contributed by atoms with Crippen LogP contribution in [0.4, 0.5) is 0 Å². The lowest BCUT2D eigenvalue weighted by Gasteiger charge is -1.95. The standard InChI is InChI=1S/C8H12O2/c1-3-5-6-8(9)10-7-4-2/h3,5-6H,1,4,7H2,2H3. The van der Waals surface area contributed by atoms with E-state index in [2.05, 4.69) is 6.58 Å². The highest BCUT2D eigenvalue weighted by Gasteiger charge is 1.91. The average Bonchev–Trinajstić information content (AvgIpc) is 1.97. The molecule has 0 aromatic carbocycles. The first-order valence-corrected chi connectivity index (χ1v) is 3.27. The Morgan fingerprint density at radius 2 is 2.40 bits per heavy atom. The molecular weight excluding hydrogens is 128 g/mol. The molecule has 0 aromatic rings. The summed E-state index contributed by atoms with van der Waals surface area (Å²) in [5, 5.41) is 0. The van der Waals surface area contributed by atoms with Gasteiger partial charge in [-0.15, -0.1) is 0 Å². The van der Waals surface area contributed by atoms with Crippen molar-refractivity contribution >= 4 is 5.97 Å². The molecule has 0 radical (unpaired) electrons. The Kier molecular flexibility index (Phi) is 5.44. The number of carbonyl (C=O) groups excluding carboxylic acids is 1. The lowest BCUT2D eigenvalue weighted by Crippen LogP contribution is -2.00. The summed E-state index contributed by atoms with van der Waals surface area (Å²) in [6.45, 7) is 5.85. The molecule has 0 N–H and O–H groups in total. The molecule has 0 atom stereocenters. The molecule has 10 heavy (non-hydrogen) atoms. The Morgan fingerprint density at radius 1 is 1.70 bits per heavy atom. The van der Waals surface area contributed by atoms with Gasteiger partial charge in [-0.1, -0.05) is 25.7 Å². The zero-order valence-corrected chi connectivity index (χ0v) is 6.17. The summed E-state index contributed by atoms with van der Waals surface area (Å²) in [4.78, 5) is 10.6. The van der Waals surface area contributed by atoms with Gasteiger partial charge in [-0.05, 0) is 6.42 Å². The molecular formula is C8H12O2. The summed E-state index contributed by atoms with van der Waals surface area (Å²) in [5.74, 6) is -0.304. The number of ether oxygens (including phenoxy) is 1. The first-order chi connectivity index (χ1) is 4.81. The fraction of sp³-hybridized carbons (Fsp3) is 0.375. The third-order valence-electron chi connectivity index (χ3n) is 0.817. The van der Waals surface area contributed by atoms with E-state index in [-0.39, 0.29) is 5.97 Å². The van der Waals surface area contributed by atoms with Crippen LogP contribution in [0.1, 0.15) is 13.3 Å². The fourth-order valence-corrected chi connectivity index (χ4v) is 0.397. The quantitative estimate of drug-likeness (QED) is 0.337. The topological polar surface area (TPSA) is 26.3 Å². The summed E-state index contributed by atoms with van der Waals surface area (Å²) >= 11 is 0. The van der Waals surface area contributed by atoms with Gasteiger partial charge in [0.1, 0.15) is 0 Å². The van der Waals surface area contributed by atoms with Crippen LogP contribution in [0.2, 0.25) is 0 Å². The predicted molar refractivity (Wildman–Crippen MR) is 40.6 cm³/mol. The van der Waals surface area contributed by atoms with Crippen LogP contribution in [0.25, 0.3) is 0 Å². The molecule has 0 fully saturated rings. The van der Waals surface area contributed by atoms with E-state index in [1.165, 1.54) is 12.2 Å². The van der Waals surface area contributed by atoms with Crippen molar-refractivity contribution in [3.63, 3.8) is 0 Å². The Hall–Kier alpha value is -1.05. The van der Waals surface area contributed by atoms with Gasteiger partial charge >= 0.3 is 5.97 Å². The van der Waals surface area contributed by atoms with Crippen molar-refractivity contribution in [1.29, 1.82) is 0 Å². The molecule has 0 unspecified atom stereocenters. The SMILES string of the molecule is C=CC=CC(=O)OCCC. The maximum atomic E-state index is 10.6. The molecule has 0 rings (SSSR count). The lowest BCUT2D eigenvalue weighted by molar-refractivity contribution is -0.137. The highest BCUT2D eigenvalue weighted by atomic mass is 16.5. The van der Waals surface area contributed by atoms with Crippen LogP contribution in [0.15, 0.2) is 24.8 Å². The monoisotopic (exact) mass is 140 g/mol. The summed E-state index contributed by atoms with van der Waals surface area (Å²) in [7, 11) is 0. The Balaban J connectivity index is 3.43. The minimum absolute atomic E-state index is 0.304. The number of rotatable bonds is 4. The minimum atomic E-state index is -0.304. The summed E-state index contributed by atoms with van der Waals surface area (Å²) < 4.78 is 4.72. The van der Waals surface area contributed by atoms with E-state index < -0.39 is 0 Å². The predicted octanol–water partition coefficient (Wildman–Crippen LogP) is 1.68. The van der Waals surface area contributed by atoms with Gasteiger partial charge in [0.25, 0.3) is 0 Å². The molecule has 0 saturated heterocycles. The van der Waals surface area contributed by atoms with Crippen molar-refractivity contribution in [2.24, 2.45) is 0 Å². The van der Waals surface area contributed by atoms with Gasteiger partial charge in [0.2, 0.25) is 0 Å². The van der Waals surface area contributed by atoms with E-state index in [1.54, 1.807) is 6.08 Å². The molecule has 2 nitrogen and oxygen atoms in total. The number of allylic oxidation sites excluding steroid dienone is 2. The van der Waals surface area contributed by atoms with Gasteiger partial charge in [0.05, 0.1) is 6.61 Å². The number of esters is 1. The minimum Gasteiger partial charge on any atom is -0.463 e. The zero-order chi connectivity index (χ0) is 7.82. The first kappa shape index (κ1) is 8.95. The third-order valence-corrected chi connectivity index (χ3v) is 0.817. The molecule has 0 bridgehead atoms. The Bertz CT molecular complexity index is 136. The van der Waals surface area contributed by atoms with Crippen molar-refractivity contribution in [1.82, 2.24) is 0 Å². The van der Waals surface area contributed by atoms with Crippen LogP contribution in [-0.2, 0) is 9.53 Å². The van der Waals surface area contributed by atoms with Crippen LogP contribution in [0, 0.1) is 0 Å². The second kappa shape index (κ2) is 6.08. The van der Waals surface area contributed by atoms with Gasteiger partial charge in [0, 0.05) is 6.08 Å². The van der Waals surface area contributed by atoms with Crippen LogP contribution < -0.4 is 0 Å². The molecule has 0 spiro atoms. The Labute approximate surface area is 61.2 Å². The highest BCUT2D eigenvalue weighted by molar-refractivity contribution is 5.82. The molecule has 0 aliphatic heterocycles. The van der Waals surface area contributed by atoms with E-state index in [0.717, 1.165) is 6.42 Å². The van der Waals surface area contributed by atoms with Crippen molar-refractivity contribution in [2.75, 3.05) is 6.61 Å². The largest absolute Gasteiger partial charge is 0.463 e. The lowest BCUT2D eigenvalue weighted by atomic mass is 10.5. The molecule has 0 heterocycles. The van der Waals surface area contributed by atoms with Crippen molar-refractivity contribution in [2.45, 2.75) is 13.3 Å². The number of hydrogen-bond acceptors (Lipinski definition) is 2. The van der Waals surface area contributed by atoms with E-state index in [4.69, 9.17) is 4.74 Å². The second-order valence-corrected chi connectivity index (χ2v) is 1.76. The van der Waals surface area contributed by atoms with Crippen molar-refractivity contribution in [3.05, 3.63) is 24.8 Å². The van der Waals surface area contributed by atoms with Gasteiger partial charge in [0.15, 0.2) is 0 Å². The van der Waals surface area contributed by atoms with Gasteiger partial charge in [-0.2, -0.15) is 0 Å². The van der Waals surface area contributed by atoms with E-state index in [0.29, 0.717) is 6.61 Å².